The normalized spacial score (nSPS) is 9.65. The molecule has 0 aliphatic heterocycles. The molecular weight excluding hydrogens is 256 g/mol. The third-order valence-corrected chi connectivity index (χ3v) is 2.59. The molecule has 0 heterocycles. The second-order valence-electron chi connectivity index (χ2n) is 4.01. The summed E-state index contributed by atoms with van der Waals surface area (Å²) in [5, 5.41) is 4.82. The highest BCUT2D eigenvalue weighted by molar-refractivity contribution is 6.08. The van der Waals surface area contributed by atoms with Gasteiger partial charge in [-0.1, -0.05) is 24.3 Å². The summed E-state index contributed by atoms with van der Waals surface area (Å²) >= 11 is 0. The molecule has 0 aromatic heterocycles. The molecule has 0 aliphatic rings. The number of ether oxygens (including phenoxy) is 1. The summed E-state index contributed by atoms with van der Waals surface area (Å²) in [5.41, 5.74) is 0.969. The Labute approximate surface area is 116 Å². The van der Waals surface area contributed by atoms with Crippen molar-refractivity contribution in [3.05, 3.63) is 60.2 Å². The molecule has 0 fully saturated rings. The zero-order valence-corrected chi connectivity index (χ0v) is 10.9. The Morgan fingerprint density at radius 1 is 1.00 bits per heavy atom. The summed E-state index contributed by atoms with van der Waals surface area (Å²) in [6.07, 6.45) is 0. The van der Waals surface area contributed by atoms with Crippen LogP contribution in [0.25, 0.3) is 0 Å². The lowest BCUT2D eigenvalue weighted by molar-refractivity contribution is 0.0967. The summed E-state index contributed by atoms with van der Waals surface area (Å²) in [5.74, 6) is 0.0680. The number of para-hydroxylation sites is 1. The number of nitrogens with one attached hydrogen (secondary N) is 2. The number of hydrogen-bond acceptors (Lipinski definition) is 3. The number of benzene rings is 2. The highest BCUT2D eigenvalue weighted by atomic mass is 16.5. The predicted molar refractivity (Wildman–Crippen MR) is 75.9 cm³/mol. The lowest BCUT2D eigenvalue weighted by atomic mass is 10.2. The van der Waals surface area contributed by atoms with Gasteiger partial charge in [0, 0.05) is 11.3 Å². The maximum Gasteiger partial charge on any atom is 0.326 e. The van der Waals surface area contributed by atoms with Crippen LogP contribution in [0.3, 0.4) is 0 Å². The summed E-state index contributed by atoms with van der Waals surface area (Å²) < 4.78 is 5.03. The number of imide groups is 1. The predicted octanol–water partition coefficient (Wildman–Crippen LogP) is 2.66. The lowest BCUT2D eigenvalue weighted by Crippen LogP contribution is -2.34. The molecule has 20 heavy (non-hydrogen) atoms. The van der Waals surface area contributed by atoms with E-state index in [9.17, 15) is 9.59 Å². The third kappa shape index (κ3) is 3.58. The van der Waals surface area contributed by atoms with Crippen LogP contribution < -0.4 is 15.4 Å². The summed E-state index contributed by atoms with van der Waals surface area (Å²) in [4.78, 5) is 23.6. The van der Waals surface area contributed by atoms with E-state index >= 15 is 0 Å². The van der Waals surface area contributed by atoms with Gasteiger partial charge >= 0.3 is 6.03 Å². The minimum atomic E-state index is -0.580. The van der Waals surface area contributed by atoms with Gasteiger partial charge in [-0.05, 0) is 30.3 Å². The van der Waals surface area contributed by atoms with Gasteiger partial charge in [0.25, 0.3) is 5.91 Å². The van der Waals surface area contributed by atoms with Crippen molar-refractivity contribution in [3.8, 4) is 5.75 Å². The quantitative estimate of drug-likeness (QED) is 0.901. The molecule has 0 radical (unpaired) electrons. The molecule has 3 amide bonds. The molecule has 0 spiro atoms. The lowest BCUT2D eigenvalue weighted by Gasteiger charge is -2.07. The molecule has 5 nitrogen and oxygen atoms in total. The molecule has 0 atom stereocenters. The first-order valence-corrected chi connectivity index (χ1v) is 6.00. The fraction of sp³-hybridized carbons (Fsp3) is 0.0667. The topological polar surface area (TPSA) is 67.4 Å². The van der Waals surface area contributed by atoms with E-state index in [-0.39, 0.29) is 0 Å². The van der Waals surface area contributed by atoms with E-state index < -0.39 is 11.9 Å². The maximum absolute atomic E-state index is 11.9. The van der Waals surface area contributed by atoms with E-state index in [0.717, 1.165) is 0 Å². The number of hydrogen-bond donors (Lipinski definition) is 2. The largest absolute Gasteiger partial charge is 0.497 e. The minimum Gasteiger partial charge on any atom is -0.497 e. The molecule has 2 N–H and O–H groups in total. The van der Waals surface area contributed by atoms with Gasteiger partial charge in [-0.15, -0.1) is 0 Å². The van der Waals surface area contributed by atoms with Gasteiger partial charge in [-0.2, -0.15) is 0 Å². The van der Waals surface area contributed by atoms with Gasteiger partial charge in [-0.25, -0.2) is 4.79 Å². The SMILES string of the molecule is COc1cccc(C(=O)NC(=O)Nc2ccccc2)c1. The van der Waals surface area contributed by atoms with Gasteiger partial charge in [0.05, 0.1) is 7.11 Å². The molecular formula is C15H14N2O3. The first-order valence-electron chi connectivity index (χ1n) is 6.00. The average molecular weight is 270 g/mol. The molecule has 0 saturated heterocycles. The van der Waals surface area contributed by atoms with Gasteiger partial charge in [0.2, 0.25) is 0 Å². The van der Waals surface area contributed by atoms with Crippen LogP contribution in [0.15, 0.2) is 54.6 Å². The van der Waals surface area contributed by atoms with Crippen LogP contribution in [0.2, 0.25) is 0 Å². The van der Waals surface area contributed by atoms with Crippen molar-refractivity contribution >= 4 is 17.6 Å². The van der Waals surface area contributed by atoms with Crippen molar-refractivity contribution in [2.45, 2.75) is 0 Å². The van der Waals surface area contributed by atoms with Gasteiger partial charge < -0.3 is 10.1 Å². The molecule has 2 aromatic carbocycles. The number of urea groups is 1. The number of amides is 3. The molecule has 5 heteroatoms. The Morgan fingerprint density at radius 2 is 1.75 bits per heavy atom. The maximum atomic E-state index is 11.9. The van der Waals surface area contributed by atoms with E-state index in [1.165, 1.54) is 7.11 Å². The number of anilines is 1. The van der Waals surface area contributed by atoms with Crippen molar-refractivity contribution in [1.82, 2.24) is 5.32 Å². The number of rotatable bonds is 3. The van der Waals surface area contributed by atoms with Crippen molar-refractivity contribution < 1.29 is 14.3 Å². The van der Waals surface area contributed by atoms with Crippen LogP contribution in [0, 0.1) is 0 Å². The molecule has 102 valence electrons. The minimum absolute atomic E-state index is 0.354. The van der Waals surface area contributed by atoms with Gasteiger partial charge in [-0.3, -0.25) is 10.1 Å². The Balaban J connectivity index is 1.98. The molecule has 2 rings (SSSR count). The van der Waals surface area contributed by atoms with Crippen molar-refractivity contribution in [2.75, 3.05) is 12.4 Å². The average Bonchev–Trinajstić information content (AvgIpc) is 2.48. The van der Waals surface area contributed by atoms with Gasteiger partial charge in [0.1, 0.15) is 5.75 Å². The molecule has 0 unspecified atom stereocenters. The third-order valence-electron chi connectivity index (χ3n) is 2.59. The van der Waals surface area contributed by atoms with Crippen molar-refractivity contribution in [1.29, 1.82) is 0 Å². The molecule has 0 saturated carbocycles. The van der Waals surface area contributed by atoms with E-state index in [2.05, 4.69) is 10.6 Å². The fourth-order valence-corrected chi connectivity index (χ4v) is 1.62. The highest BCUT2D eigenvalue weighted by Gasteiger charge is 2.10. The molecule has 2 aromatic rings. The molecule has 0 bridgehead atoms. The second kappa shape index (κ2) is 6.38. The van der Waals surface area contributed by atoms with Crippen LogP contribution >= 0.6 is 0 Å². The fourth-order valence-electron chi connectivity index (χ4n) is 1.62. The smallest absolute Gasteiger partial charge is 0.326 e. The first kappa shape index (κ1) is 13.6. The Kier molecular flexibility index (Phi) is 4.34. The second-order valence-corrected chi connectivity index (χ2v) is 4.01. The Bertz CT molecular complexity index is 612. The monoisotopic (exact) mass is 270 g/mol. The van der Waals surface area contributed by atoms with Crippen LogP contribution in [0.5, 0.6) is 5.75 Å². The standard InChI is InChI=1S/C15H14N2O3/c1-20-13-9-5-6-11(10-13)14(18)17-15(19)16-12-7-3-2-4-8-12/h2-10H,1H3,(H2,16,17,18,19). The van der Waals surface area contributed by atoms with E-state index in [0.29, 0.717) is 17.0 Å². The summed E-state index contributed by atoms with van der Waals surface area (Å²) in [7, 11) is 1.51. The summed E-state index contributed by atoms with van der Waals surface area (Å²) in [6, 6.07) is 14.9. The van der Waals surface area contributed by atoms with Crippen LogP contribution in [-0.2, 0) is 0 Å². The van der Waals surface area contributed by atoms with Crippen LogP contribution in [0.1, 0.15) is 10.4 Å². The zero-order valence-electron chi connectivity index (χ0n) is 10.9. The highest BCUT2D eigenvalue weighted by Crippen LogP contribution is 2.12. The zero-order chi connectivity index (χ0) is 14.4. The first-order chi connectivity index (χ1) is 9.69. The Hall–Kier alpha value is -2.82. The number of carbonyl (C=O) groups excluding carboxylic acids is 2. The molecule has 0 aliphatic carbocycles. The van der Waals surface area contributed by atoms with E-state index in [1.807, 2.05) is 6.07 Å². The van der Waals surface area contributed by atoms with Gasteiger partial charge in [0.15, 0.2) is 0 Å². The summed E-state index contributed by atoms with van der Waals surface area (Å²) in [6.45, 7) is 0. The number of carbonyl (C=O) groups is 2. The van der Waals surface area contributed by atoms with E-state index in [1.54, 1.807) is 48.5 Å². The van der Waals surface area contributed by atoms with Crippen molar-refractivity contribution in [3.63, 3.8) is 0 Å². The number of methoxy groups -OCH3 is 1. The van der Waals surface area contributed by atoms with Crippen molar-refractivity contribution in [2.24, 2.45) is 0 Å². The van der Waals surface area contributed by atoms with Crippen LogP contribution in [-0.4, -0.2) is 19.0 Å². The van der Waals surface area contributed by atoms with E-state index in [4.69, 9.17) is 4.74 Å². The Morgan fingerprint density at radius 3 is 2.45 bits per heavy atom. The van der Waals surface area contributed by atoms with Crippen LogP contribution in [0.4, 0.5) is 10.5 Å².